The maximum absolute atomic E-state index is 10.5. The van der Waals surface area contributed by atoms with Crippen LogP contribution >= 0.6 is 0 Å². The molecule has 0 unspecified atom stereocenters. The van der Waals surface area contributed by atoms with Crippen molar-refractivity contribution in [2.24, 2.45) is 0 Å². The minimum absolute atomic E-state index is 0.897. The Hall–Kier alpha value is -2.78. The van der Waals surface area contributed by atoms with Gasteiger partial charge in [0.05, 0.1) is 20.8 Å². The number of halogens is 3. The van der Waals surface area contributed by atoms with E-state index in [1.807, 2.05) is 24.3 Å². The molecule has 0 saturated heterocycles. The summed E-state index contributed by atoms with van der Waals surface area (Å²) in [4.78, 5) is 11.2. The molecule has 6 nitrogen and oxygen atoms in total. The van der Waals surface area contributed by atoms with Crippen LogP contribution in [0.2, 0.25) is 0 Å². The monoisotopic (exact) mass is 428 g/mol. The number of quaternary nitrogens is 1. The molecular formula is C21H27F3N2O4. The summed E-state index contributed by atoms with van der Waals surface area (Å²) in [5.41, 5.74) is 6.48. The molecule has 3 N–H and O–H groups in total. The van der Waals surface area contributed by atoms with Crippen molar-refractivity contribution in [1.82, 2.24) is 4.90 Å². The summed E-state index contributed by atoms with van der Waals surface area (Å²) in [5.74, 6) is -1.20. The number of alkyl halides is 3. The number of carboxylic acids is 1. The molecule has 0 aliphatic heterocycles. The van der Waals surface area contributed by atoms with Crippen LogP contribution in [-0.2, 0) is 17.9 Å². The molecule has 0 saturated carbocycles. The Morgan fingerprint density at radius 1 is 1.00 bits per heavy atom. The Morgan fingerprint density at radius 3 is 1.77 bits per heavy atom. The van der Waals surface area contributed by atoms with Gasteiger partial charge in [-0.3, -0.25) is 4.90 Å². The van der Waals surface area contributed by atoms with E-state index in [-0.39, 0.29) is 0 Å². The van der Waals surface area contributed by atoms with Gasteiger partial charge in [-0.15, -0.1) is 0 Å². The Bertz CT molecular complexity index is 735. The van der Waals surface area contributed by atoms with Crippen LogP contribution in [0, 0.1) is 0 Å². The first-order valence-electron chi connectivity index (χ1n) is 9.25. The third kappa shape index (κ3) is 9.62. The van der Waals surface area contributed by atoms with Crippen LogP contribution in [0.15, 0.2) is 48.5 Å². The summed E-state index contributed by atoms with van der Waals surface area (Å²) in [6.07, 6.45) is -4.10. The van der Waals surface area contributed by atoms with Crippen LogP contribution in [0.1, 0.15) is 17.5 Å². The second kappa shape index (κ2) is 12.7. The van der Waals surface area contributed by atoms with Gasteiger partial charge in [-0.05, 0) is 35.4 Å². The average Bonchev–Trinajstić information content (AvgIpc) is 2.72. The summed E-state index contributed by atoms with van der Waals surface area (Å²) in [5, 5.41) is 8.78. The number of hydrogen-bond donors (Lipinski definition) is 1. The standard InChI is InChI=1S/C19H26N2O2.C2HF3O2/c1-22-18-8-3-6-16(12-18)14-21(11-5-10-20)15-17-7-4-9-19(13-17)23-2;3-2(4,5)1(6)7/h3-4,6-9,12-13H,5,10-11,14-15,20H2,1-2H3;(H,6,7). The number of hydrogen-bond acceptors (Lipinski definition) is 5. The molecule has 2 aromatic carbocycles. The van der Waals surface area contributed by atoms with Crippen molar-refractivity contribution >= 4 is 5.97 Å². The van der Waals surface area contributed by atoms with E-state index in [0.717, 1.165) is 44.1 Å². The largest absolute Gasteiger partial charge is 0.542 e. The first-order chi connectivity index (χ1) is 14.2. The molecule has 0 aliphatic carbocycles. The normalized spacial score (nSPS) is 10.9. The number of benzene rings is 2. The molecule has 9 heteroatoms. The minimum Gasteiger partial charge on any atom is -0.542 e. The van der Waals surface area contributed by atoms with Crippen molar-refractivity contribution in [3.8, 4) is 11.5 Å². The maximum atomic E-state index is 10.5. The van der Waals surface area contributed by atoms with Crippen molar-refractivity contribution in [1.29, 1.82) is 0 Å². The fraction of sp³-hybridized carbons (Fsp3) is 0.381. The van der Waals surface area contributed by atoms with Crippen LogP contribution in [0.25, 0.3) is 0 Å². The molecule has 0 radical (unpaired) electrons. The predicted octanol–water partition coefficient (Wildman–Crippen LogP) is 1.64. The van der Waals surface area contributed by atoms with Gasteiger partial charge >= 0.3 is 6.18 Å². The molecule has 0 atom stereocenters. The van der Waals surface area contributed by atoms with Gasteiger partial charge in [0, 0.05) is 26.1 Å². The van der Waals surface area contributed by atoms with E-state index in [0.29, 0.717) is 0 Å². The number of carbonyl (C=O) groups is 1. The first kappa shape index (κ1) is 25.3. The molecule has 0 fully saturated rings. The summed E-state index contributed by atoms with van der Waals surface area (Å²) in [6, 6.07) is 16.5. The van der Waals surface area contributed by atoms with Crippen molar-refractivity contribution in [2.75, 3.05) is 27.3 Å². The molecule has 0 aliphatic rings. The highest BCUT2D eigenvalue weighted by atomic mass is 19.4. The topological polar surface area (TPSA) is 89.5 Å². The zero-order valence-corrected chi connectivity index (χ0v) is 17.1. The summed E-state index contributed by atoms with van der Waals surface area (Å²) >= 11 is 0. The van der Waals surface area contributed by atoms with Crippen molar-refractivity contribution < 1.29 is 38.3 Å². The van der Waals surface area contributed by atoms with E-state index in [2.05, 4.69) is 34.9 Å². The van der Waals surface area contributed by atoms with E-state index in [9.17, 15) is 13.2 Å². The maximum Gasteiger partial charge on any atom is 0.430 e. The Kier molecular flexibility index (Phi) is 10.7. The molecule has 30 heavy (non-hydrogen) atoms. The number of carbonyl (C=O) groups excluding carboxylic acids is 1. The lowest BCUT2D eigenvalue weighted by molar-refractivity contribution is -0.368. The van der Waals surface area contributed by atoms with Crippen molar-refractivity contribution in [2.45, 2.75) is 25.7 Å². The Balaban J connectivity index is 0.000000553. The molecule has 0 aromatic heterocycles. The summed E-state index contributed by atoms with van der Waals surface area (Å²) in [6.45, 7) is 3.77. The quantitative estimate of drug-likeness (QED) is 0.656. The number of rotatable bonds is 9. The molecule has 0 bridgehead atoms. The van der Waals surface area contributed by atoms with Crippen LogP contribution in [-0.4, -0.2) is 44.4 Å². The van der Waals surface area contributed by atoms with E-state index in [1.54, 1.807) is 14.2 Å². The lowest BCUT2D eigenvalue weighted by Crippen LogP contribution is -2.51. The summed E-state index contributed by atoms with van der Waals surface area (Å²) in [7, 11) is 3.41. The molecule has 166 valence electrons. The van der Waals surface area contributed by atoms with E-state index in [4.69, 9.17) is 19.4 Å². The number of methoxy groups -OCH3 is 2. The van der Waals surface area contributed by atoms with E-state index in [1.165, 1.54) is 11.1 Å². The highest BCUT2D eigenvalue weighted by molar-refractivity contribution is 5.70. The highest BCUT2D eigenvalue weighted by Gasteiger charge is 2.28. The van der Waals surface area contributed by atoms with Gasteiger partial charge < -0.3 is 25.1 Å². The van der Waals surface area contributed by atoms with Crippen LogP contribution in [0.4, 0.5) is 13.2 Å². The predicted molar refractivity (Wildman–Crippen MR) is 104 cm³/mol. The van der Waals surface area contributed by atoms with Gasteiger partial charge in [0.25, 0.3) is 0 Å². The Labute approximate surface area is 174 Å². The SMILES string of the molecule is COc1cccc(CN(CCC[NH3+])Cc2cccc(OC)c2)c1.O=C([O-])C(F)(F)F. The number of aliphatic carboxylic acids is 1. The fourth-order valence-electron chi connectivity index (χ4n) is 2.61. The van der Waals surface area contributed by atoms with Gasteiger partial charge in [0.1, 0.15) is 17.5 Å². The smallest absolute Gasteiger partial charge is 0.430 e. The van der Waals surface area contributed by atoms with E-state index < -0.39 is 12.1 Å². The lowest BCUT2D eigenvalue weighted by Gasteiger charge is -2.22. The molecule has 0 heterocycles. The summed E-state index contributed by atoms with van der Waals surface area (Å²) < 4.78 is 42.2. The molecule has 2 aromatic rings. The lowest BCUT2D eigenvalue weighted by atomic mass is 10.1. The molecular weight excluding hydrogens is 401 g/mol. The zero-order chi connectivity index (χ0) is 22.6. The van der Waals surface area contributed by atoms with Gasteiger partial charge in [0.2, 0.25) is 0 Å². The number of carboxylic acid groups (broad SMARTS) is 1. The average molecular weight is 428 g/mol. The third-order valence-electron chi connectivity index (χ3n) is 4.04. The fourth-order valence-corrected chi connectivity index (χ4v) is 2.61. The van der Waals surface area contributed by atoms with E-state index >= 15 is 0 Å². The molecule has 0 amide bonds. The highest BCUT2D eigenvalue weighted by Crippen LogP contribution is 2.18. The van der Waals surface area contributed by atoms with Crippen LogP contribution < -0.4 is 20.3 Å². The second-order valence-electron chi connectivity index (χ2n) is 6.41. The molecule has 2 rings (SSSR count). The number of ether oxygens (including phenoxy) is 2. The first-order valence-corrected chi connectivity index (χ1v) is 9.25. The Morgan fingerprint density at radius 2 is 1.43 bits per heavy atom. The second-order valence-corrected chi connectivity index (χ2v) is 6.41. The van der Waals surface area contributed by atoms with Crippen molar-refractivity contribution in [3.05, 3.63) is 59.7 Å². The van der Waals surface area contributed by atoms with Gasteiger partial charge in [-0.1, -0.05) is 24.3 Å². The van der Waals surface area contributed by atoms with Crippen LogP contribution in [0.5, 0.6) is 11.5 Å². The van der Waals surface area contributed by atoms with Crippen LogP contribution in [0.3, 0.4) is 0 Å². The molecule has 0 spiro atoms. The zero-order valence-electron chi connectivity index (χ0n) is 17.1. The van der Waals surface area contributed by atoms with Gasteiger partial charge in [-0.25, -0.2) is 0 Å². The van der Waals surface area contributed by atoms with Gasteiger partial charge in [0.15, 0.2) is 0 Å². The third-order valence-corrected chi connectivity index (χ3v) is 4.04. The van der Waals surface area contributed by atoms with Gasteiger partial charge in [-0.2, -0.15) is 13.2 Å². The number of nitrogens with zero attached hydrogens (tertiary/aromatic N) is 1. The van der Waals surface area contributed by atoms with Crippen molar-refractivity contribution in [3.63, 3.8) is 0 Å². The minimum atomic E-state index is -5.19.